The standard InChI is InChI=1S/C22H45N/c1-10-12-22(16-23-9,20(6,7)8)15-21(13-11-19(21)5)14-18(4)17(2)3/h17-19,23H,10-16H2,1-9H3. The largest absolute Gasteiger partial charge is 0.319 e. The van der Waals surface area contributed by atoms with Gasteiger partial charge in [-0.3, -0.25) is 0 Å². The van der Waals surface area contributed by atoms with Gasteiger partial charge < -0.3 is 5.32 Å². The van der Waals surface area contributed by atoms with Crippen molar-refractivity contribution in [1.29, 1.82) is 0 Å². The molecule has 0 spiro atoms. The second kappa shape index (κ2) is 7.89. The quantitative estimate of drug-likeness (QED) is 0.509. The highest BCUT2D eigenvalue weighted by Crippen LogP contribution is 2.61. The number of nitrogens with one attached hydrogen (secondary N) is 1. The van der Waals surface area contributed by atoms with E-state index in [9.17, 15) is 0 Å². The number of rotatable bonds is 9. The molecule has 1 nitrogen and oxygen atoms in total. The predicted octanol–water partition coefficient (Wildman–Crippen LogP) is 6.53. The van der Waals surface area contributed by atoms with E-state index in [1.54, 1.807) is 0 Å². The first kappa shape index (κ1) is 21.0. The molecule has 1 saturated carbocycles. The zero-order chi connectivity index (χ0) is 17.9. The van der Waals surface area contributed by atoms with Gasteiger partial charge in [0, 0.05) is 6.54 Å². The smallest absolute Gasteiger partial charge is 0.00100 e. The zero-order valence-corrected chi connectivity index (χ0v) is 17.7. The van der Waals surface area contributed by atoms with Crippen LogP contribution in [-0.4, -0.2) is 13.6 Å². The average molecular weight is 324 g/mol. The summed E-state index contributed by atoms with van der Waals surface area (Å²) in [5.74, 6) is 2.55. The summed E-state index contributed by atoms with van der Waals surface area (Å²) in [5, 5.41) is 3.56. The van der Waals surface area contributed by atoms with E-state index in [2.05, 4.69) is 67.8 Å². The highest BCUT2D eigenvalue weighted by Gasteiger charge is 2.52. The van der Waals surface area contributed by atoms with Crippen molar-refractivity contribution in [2.45, 2.75) is 93.9 Å². The first-order chi connectivity index (χ1) is 10.5. The minimum absolute atomic E-state index is 0.357. The molecule has 0 bridgehead atoms. The summed E-state index contributed by atoms with van der Waals surface area (Å²) < 4.78 is 0. The van der Waals surface area contributed by atoms with Crippen LogP contribution in [0.5, 0.6) is 0 Å². The molecule has 1 fully saturated rings. The first-order valence-corrected chi connectivity index (χ1v) is 10.2. The van der Waals surface area contributed by atoms with Gasteiger partial charge >= 0.3 is 0 Å². The Kier molecular flexibility index (Phi) is 7.21. The summed E-state index contributed by atoms with van der Waals surface area (Å²) in [5.41, 5.74) is 1.36. The van der Waals surface area contributed by atoms with E-state index in [0.29, 0.717) is 16.2 Å². The van der Waals surface area contributed by atoms with Gasteiger partial charge in [0.2, 0.25) is 0 Å². The molecule has 1 aliphatic rings. The van der Waals surface area contributed by atoms with Gasteiger partial charge in [0.15, 0.2) is 0 Å². The van der Waals surface area contributed by atoms with E-state index in [1.807, 2.05) is 0 Å². The normalized spacial score (nSPS) is 29.2. The second-order valence-electron chi connectivity index (χ2n) is 10.2. The molecular formula is C22H45N. The van der Waals surface area contributed by atoms with Gasteiger partial charge in [-0.2, -0.15) is 0 Å². The van der Waals surface area contributed by atoms with Crippen molar-refractivity contribution in [2.24, 2.45) is 34.0 Å². The fourth-order valence-corrected chi connectivity index (χ4v) is 4.99. The van der Waals surface area contributed by atoms with Crippen LogP contribution in [-0.2, 0) is 0 Å². The fourth-order valence-electron chi connectivity index (χ4n) is 4.99. The molecule has 0 saturated heterocycles. The molecule has 0 radical (unpaired) electrons. The molecule has 1 rings (SSSR count). The van der Waals surface area contributed by atoms with Crippen LogP contribution in [0.2, 0.25) is 0 Å². The molecular weight excluding hydrogens is 278 g/mol. The maximum atomic E-state index is 3.56. The van der Waals surface area contributed by atoms with Crippen LogP contribution in [0.1, 0.15) is 93.9 Å². The minimum atomic E-state index is 0.357. The molecule has 4 atom stereocenters. The van der Waals surface area contributed by atoms with Gasteiger partial charge in [-0.1, -0.05) is 61.8 Å². The van der Waals surface area contributed by atoms with Gasteiger partial charge in [-0.15, -0.1) is 0 Å². The Balaban J connectivity index is 3.10. The van der Waals surface area contributed by atoms with E-state index in [0.717, 1.165) is 24.3 Å². The van der Waals surface area contributed by atoms with Crippen LogP contribution in [0, 0.1) is 34.0 Å². The molecule has 23 heavy (non-hydrogen) atoms. The first-order valence-electron chi connectivity index (χ1n) is 10.2. The Morgan fingerprint density at radius 2 is 1.78 bits per heavy atom. The molecule has 1 heteroatoms. The van der Waals surface area contributed by atoms with Gasteiger partial charge in [0.25, 0.3) is 0 Å². The molecule has 0 aromatic carbocycles. The van der Waals surface area contributed by atoms with Crippen molar-refractivity contribution in [3.8, 4) is 0 Å². The van der Waals surface area contributed by atoms with E-state index in [1.165, 1.54) is 38.5 Å². The van der Waals surface area contributed by atoms with Crippen LogP contribution in [0.4, 0.5) is 0 Å². The zero-order valence-electron chi connectivity index (χ0n) is 17.7. The Morgan fingerprint density at radius 1 is 1.17 bits per heavy atom. The minimum Gasteiger partial charge on any atom is -0.319 e. The predicted molar refractivity (Wildman–Crippen MR) is 105 cm³/mol. The van der Waals surface area contributed by atoms with Crippen molar-refractivity contribution >= 4 is 0 Å². The van der Waals surface area contributed by atoms with E-state index in [-0.39, 0.29) is 0 Å². The third-order valence-corrected chi connectivity index (χ3v) is 7.51. The third-order valence-electron chi connectivity index (χ3n) is 7.51. The summed E-state index contributed by atoms with van der Waals surface area (Å²) in [4.78, 5) is 0. The van der Waals surface area contributed by atoms with Crippen LogP contribution >= 0.6 is 0 Å². The lowest BCUT2D eigenvalue weighted by atomic mass is 9.47. The lowest BCUT2D eigenvalue weighted by molar-refractivity contribution is -0.0751. The van der Waals surface area contributed by atoms with Crippen molar-refractivity contribution in [3.63, 3.8) is 0 Å². The molecule has 0 aliphatic heterocycles. The number of hydrogen-bond acceptors (Lipinski definition) is 1. The molecule has 0 amide bonds. The summed E-state index contributed by atoms with van der Waals surface area (Å²) >= 11 is 0. The number of hydrogen-bond donors (Lipinski definition) is 1. The van der Waals surface area contributed by atoms with E-state index in [4.69, 9.17) is 0 Å². The molecule has 1 N–H and O–H groups in total. The summed E-state index contributed by atoms with van der Waals surface area (Å²) in [6, 6.07) is 0. The van der Waals surface area contributed by atoms with Gasteiger partial charge in [-0.25, -0.2) is 0 Å². The summed E-state index contributed by atoms with van der Waals surface area (Å²) in [6.07, 6.45) is 8.38. The Bertz CT molecular complexity index is 345. The van der Waals surface area contributed by atoms with Crippen LogP contribution < -0.4 is 5.32 Å². The highest BCUT2D eigenvalue weighted by molar-refractivity contribution is 5.03. The van der Waals surface area contributed by atoms with Gasteiger partial charge in [0.1, 0.15) is 0 Å². The van der Waals surface area contributed by atoms with Crippen molar-refractivity contribution in [3.05, 3.63) is 0 Å². The molecule has 138 valence electrons. The Hall–Kier alpha value is -0.0400. The topological polar surface area (TPSA) is 12.0 Å². The molecule has 0 heterocycles. The SMILES string of the molecule is CCCC(CNC)(CC1(CC(C)C(C)C)CCC1C)C(C)(C)C. The summed E-state index contributed by atoms with van der Waals surface area (Å²) in [6.45, 7) is 20.8. The van der Waals surface area contributed by atoms with Crippen LogP contribution in [0.3, 0.4) is 0 Å². The highest BCUT2D eigenvalue weighted by atomic mass is 14.8. The van der Waals surface area contributed by atoms with Gasteiger partial charge in [-0.05, 0) is 73.2 Å². The lowest BCUT2D eigenvalue weighted by Crippen LogP contribution is -2.52. The second-order valence-corrected chi connectivity index (χ2v) is 10.2. The maximum absolute atomic E-state index is 3.56. The maximum Gasteiger partial charge on any atom is 0.00100 e. The average Bonchev–Trinajstić information content (AvgIpc) is 2.43. The van der Waals surface area contributed by atoms with Crippen molar-refractivity contribution in [2.75, 3.05) is 13.6 Å². The fraction of sp³-hybridized carbons (Fsp3) is 1.00. The monoisotopic (exact) mass is 323 g/mol. The van der Waals surface area contributed by atoms with Crippen LogP contribution in [0.15, 0.2) is 0 Å². The summed E-state index contributed by atoms with van der Waals surface area (Å²) in [7, 11) is 2.14. The van der Waals surface area contributed by atoms with Gasteiger partial charge in [0.05, 0.1) is 0 Å². The molecule has 4 unspecified atom stereocenters. The Morgan fingerprint density at radius 3 is 2.09 bits per heavy atom. The van der Waals surface area contributed by atoms with Crippen molar-refractivity contribution < 1.29 is 0 Å². The van der Waals surface area contributed by atoms with E-state index < -0.39 is 0 Å². The molecule has 0 aromatic heterocycles. The van der Waals surface area contributed by atoms with Crippen molar-refractivity contribution in [1.82, 2.24) is 5.32 Å². The third kappa shape index (κ3) is 4.53. The molecule has 1 aliphatic carbocycles. The van der Waals surface area contributed by atoms with E-state index >= 15 is 0 Å². The van der Waals surface area contributed by atoms with Crippen LogP contribution in [0.25, 0.3) is 0 Å². The Labute approximate surface area is 147 Å². The lowest BCUT2D eigenvalue weighted by Gasteiger charge is -2.58. The molecule has 0 aromatic rings.